The number of halogens is 1. The van der Waals surface area contributed by atoms with Crippen molar-refractivity contribution >= 4 is 35.8 Å². The van der Waals surface area contributed by atoms with Crippen LogP contribution in [0.2, 0.25) is 0 Å². The minimum absolute atomic E-state index is 0. The van der Waals surface area contributed by atoms with Gasteiger partial charge in [-0.1, -0.05) is 29.8 Å². The number of nitrogens with one attached hydrogen (secondary N) is 3. The van der Waals surface area contributed by atoms with Crippen LogP contribution < -0.4 is 16.0 Å². The van der Waals surface area contributed by atoms with Crippen molar-refractivity contribution in [2.45, 2.75) is 19.9 Å². The van der Waals surface area contributed by atoms with Gasteiger partial charge in [0.1, 0.15) is 6.26 Å². The average molecular weight is 533 g/mol. The van der Waals surface area contributed by atoms with E-state index in [4.69, 9.17) is 4.42 Å². The molecule has 7 nitrogen and oxygen atoms in total. The van der Waals surface area contributed by atoms with E-state index in [2.05, 4.69) is 25.9 Å². The molecule has 0 saturated carbocycles. The molecule has 8 heteroatoms. The molecule has 0 radical (unpaired) electrons. The van der Waals surface area contributed by atoms with Crippen LogP contribution in [0.4, 0.5) is 0 Å². The normalized spacial score (nSPS) is 10.9. The van der Waals surface area contributed by atoms with Gasteiger partial charge in [-0.3, -0.25) is 9.79 Å². The second-order valence-corrected chi connectivity index (χ2v) is 6.89. The molecular weight excluding hydrogens is 505 g/mol. The Labute approximate surface area is 199 Å². The molecule has 0 fully saturated rings. The molecule has 0 atom stereocenters. The Morgan fingerprint density at radius 3 is 2.61 bits per heavy atom. The summed E-state index contributed by atoms with van der Waals surface area (Å²) in [6.07, 6.45) is 2.42. The highest BCUT2D eigenvalue weighted by Crippen LogP contribution is 2.19. The lowest BCUT2D eigenvalue weighted by Crippen LogP contribution is -2.37. The van der Waals surface area contributed by atoms with E-state index in [-0.39, 0.29) is 29.9 Å². The number of oxazole rings is 1. The molecule has 3 aromatic rings. The quantitative estimate of drug-likeness (QED) is 0.246. The number of guanidine groups is 1. The van der Waals surface area contributed by atoms with Crippen LogP contribution in [0, 0.1) is 6.92 Å². The second-order valence-electron chi connectivity index (χ2n) is 6.89. The summed E-state index contributed by atoms with van der Waals surface area (Å²) < 4.78 is 5.59. The fourth-order valence-electron chi connectivity index (χ4n) is 2.95. The zero-order valence-corrected chi connectivity index (χ0v) is 20.3. The van der Waals surface area contributed by atoms with Crippen molar-refractivity contribution in [3.05, 3.63) is 77.2 Å². The number of aliphatic imine (C=N–C) groups is 1. The monoisotopic (exact) mass is 533 g/mol. The van der Waals surface area contributed by atoms with Gasteiger partial charge in [-0.15, -0.1) is 24.0 Å². The van der Waals surface area contributed by atoms with Crippen molar-refractivity contribution in [1.29, 1.82) is 0 Å². The maximum Gasteiger partial charge on any atom is 0.251 e. The maximum absolute atomic E-state index is 11.8. The van der Waals surface area contributed by atoms with Crippen molar-refractivity contribution in [2.24, 2.45) is 4.99 Å². The number of carbonyl (C=O) groups excluding carboxylic acids is 1. The molecule has 1 heterocycles. The lowest BCUT2D eigenvalue weighted by Gasteiger charge is -2.11. The summed E-state index contributed by atoms with van der Waals surface area (Å²) in [5.74, 6) is 1.20. The molecule has 0 aliphatic rings. The summed E-state index contributed by atoms with van der Waals surface area (Å²) in [6, 6.07) is 15.7. The van der Waals surface area contributed by atoms with Gasteiger partial charge in [0.25, 0.3) is 5.91 Å². The third-order valence-electron chi connectivity index (χ3n) is 4.63. The van der Waals surface area contributed by atoms with Gasteiger partial charge in [0.2, 0.25) is 5.89 Å². The predicted molar refractivity (Wildman–Crippen MR) is 134 cm³/mol. The molecule has 0 bridgehead atoms. The van der Waals surface area contributed by atoms with Gasteiger partial charge in [0.05, 0.1) is 12.2 Å². The average Bonchev–Trinajstić information content (AvgIpc) is 3.25. The number of aromatic nitrogens is 1. The van der Waals surface area contributed by atoms with Crippen molar-refractivity contribution in [3.63, 3.8) is 0 Å². The fraction of sp³-hybridized carbons (Fsp3) is 0.261. The van der Waals surface area contributed by atoms with Crippen molar-refractivity contribution in [2.75, 3.05) is 20.6 Å². The summed E-state index contributed by atoms with van der Waals surface area (Å²) in [6.45, 7) is 3.23. The van der Waals surface area contributed by atoms with E-state index in [1.807, 2.05) is 49.4 Å². The summed E-state index contributed by atoms with van der Waals surface area (Å²) in [4.78, 5) is 20.5. The van der Waals surface area contributed by atoms with Gasteiger partial charge in [-0.2, -0.15) is 0 Å². The van der Waals surface area contributed by atoms with Crippen LogP contribution in [0.1, 0.15) is 27.2 Å². The first-order valence-electron chi connectivity index (χ1n) is 9.86. The Balaban J connectivity index is 0.00000341. The number of benzene rings is 2. The van der Waals surface area contributed by atoms with Crippen LogP contribution in [-0.4, -0.2) is 37.5 Å². The van der Waals surface area contributed by atoms with Crippen LogP contribution >= 0.6 is 24.0 Å². The molecule has 1 amide bonds. The van der Waals surface area contributed by atoms with Gasteiger partial charge >= 0.3 is 0 Å². The highest BCUT2D eigenvalue weighted by atomic mass is 127. The van der Waals surface area contributed by atoms with Crippen molar-refractivity contribution < 1.29 is 9.21 Å². The molecule has 0 saturated heterocycles. The molecule has 2 aromatic carbocycles. The Hall–Kier alpha value is -2.88. The topological polar surface area (TPSA) is 91.5 Å². The first-order valence-corrected chi connectivity index (χ1v) is 9.86. The van der Waals surface area contributed by atoms with E-state index in [1.54, 1.807) is 26.4 Å². The summed E-state index contributed by atoms with van der Waals surface area (Å²) >= 11 is 0. The summed E-state index contributed by atoms with van der Waals surface area (Å²) in [7, 11) is 3.35. The Bertz CT molecular complexity index is 1010. The first-order chi connectivity index (χ1) is 14.6. The zero-order valence-electron chi connectivity index (χ0n) is 17.9. The zero-order chi connectivity index (χ0) is 21.3. The molecule has 164 valence electrons. The number of hydrogen-bond acceptors (Lipinski definition) is 4. The van der Waals surface area contributed by atoms with E-state index in [0.717, 1.165) is 23.2 Å². The molecule has 3 rings (SSSR count). The smallest absolute Gasteiger partial charge is 0.251 e. The van der Waals surface area contributed by atoms with E-state index >= 15 is 0 Å². The maximum atomic E-state index is 11.8. The lowest BCUT2D eigenvalue weighted by molar-refractivity contribution is 0.0963. The van der Waals surface area contributed by atoms with E-state index in [9.17, 15) is 4.79 Å². The van der Waals surface area contributed by atoms with Gasteiger partial charge in [0, 0.05) is 31.8 Å². The largest absolute Gasteiger partial charge is 0.444 e. The molecule has 0 aliphatic carbocycles. The molecule has 1 aromatic heterocycles. The standard InChI is InChI=1S/C23H27N5O2.HI/c1-16-7-9-18(10-8-16)22-28-20(15-30-22)14-27-23(25-3)26-12-11-17-5-4-6-19(13-17)21(29)24-2;/h4-10,13,15H,11-12,14H2,1-3H3,(H,24,29)(H2,25,26,27);1H. The number of nitrogens with zero attached hydrogens (tertiary/aromatic N) is 2. The number of aryl methyl sites for hydroxylation is 1. The second kappa shape index (κ2) is 12.1. The van der Waals surface area contributed by atoms with Crippen molar-refractivity contribution in [3.8, 4) is 11.5 Å². The summed E-state index contributed by atoms with van der Waals surface area (Å²) in [5, 5.41) is 9.15. The number of hydrogen-bond donors (Lipinski definition) is 3. The summed E-state index contributed by atoms with van der Waals surface area (Å²) in [5.41, 5.74) is 4.69. The Kier molecular flexibility index (Phi) is 9.51. The minimum Gasteiger partial charge on any atom is -0.444 e. The Morgan fingerprint density at radius 2 is 1.90 bits per heavy atom. The Morgan fingerprint density at radius 1 is 1.13 bits per heavy atom. The van der Waals surface area contributed by atoms with Crippen LogP contribution in [-0.2, 0) is 13.0 Å². The lowest BCUT2D eigenvalue weighted by atomic mass is 10.1. The van der Waals surface area contributed by atoms with E-state index < -0.39 is 0 Å². The number of amides is 1. The van der Waals surface area contributed by atoms with Gasteiger partial charge in [-0.05, 0) is 43.2 Å². The third kappa shape index (κ3) is 7.09. The molecule has 0 unspecified atom stereocenters. The molecule has 31 heavy (non-hydrogen) atoms. The SMILES string of the molecule is CN=C(NCCc1cccc(C(=O)NC)c1)NCc1coc(-c2ccc(C)cc2)n1.I. The third-order valence-corrected chi connectivity index (χ3v) is 4.63. The highest BCUT2D eigenvalue weighted by molar-refractivity contribution is 14.0. The first kappa shape index (κ1) is 24.4. The highest BCUT2D eigenvalue weighted by Gasteiger charge is 2.08. The van der Waals surface area contributed by atoms with Crippen LogP contribution in [0.5, 0.6) is 0 Å². The molecule has 0 aliphatic heterocycles. The minimum atomic E-state index is -0.0834. The number of carbonyl (C=O) groups is 1. The fourth-order valence-corrected chi connectivity index (χ4v) is 2.95. The van der Waals surface area contributed by atoms with Crippen LogP contribution in [0.15, 0.2) is 64.2 Å². The molecule has 0 spiro atoms. The van der Waals surface area contributed by atoms with E-state index in [0.29, 0.717) is 30.5 Å². The molecular formula is C23H28IN5O2. The van der Waals surface area contributed by atoms with Crippen LogP contribution in [0.3, 0.4) is 0 Å². The van der Waals surface area contributed by atoms with Gasteiger partial charge < -0.3 is 20.4 Å². The van der Waals surface area contributed by atoms with Gasteiger partial charge in [0.15, 0.2) is 5.96 Å². The predicted octanol–water partition coefficient (Wildman–Crippen LogP) is 3.54. The van der Waals surface area contributed by atoms with E-state index in [1.165, 1.54) is 5.56 Å². The van der Waals surface area contributed by atoms with Crippen molar-refractivity contribution in [1.82, 2.24) is 20.9 Å². The molecule has 3 N–H and O–H groups in total. The number of rotatable bonds is 7. The van der Waals surface area contributed by atoms with Crippen LogP contribution in [0.25, 0.3) is 11.5 Å². The van der Waals surface area contributed by atoms with Gasteiger partial charge in [-0.25, -0.2) is 4.98 Å².